The van der Waals surface area contributed by atoms with Crippen LogP contribution in [0.4, 0.5) is 13.2 Å². The molecule has 1 N–H and O–H groups in total. The van der Waals surface area contributed by atoms with Crippen LogP contribution in [0.5, 0.6) is 5.88 Å². The molecule has 0 amide bonds. The number of aromatic nitrogens is 3. The van der Waals surface area contributed by atoms with E-state index in [9.17, 15) is 14.3 Å². The molecule has 0 unspecified atom stereocenters. The molecule has 0 atom stereocenters. The lowest BCUT2D eigenvalue weighted by molar-refractivity contribution is 0.0614. The molecule has 1 aliphatic rings. The van der Waals surface area contributed by atoms with Gasteiger partial charge in [-0.25, -0.2) is 27.9 Å². The molecule has 1 fully saturated rings. The smallest absolute Gasteiger partial charge is 0.335 e. The van der Waals surface area contributed by atoms with Crippen LogP contribution in [-0.2, 0) is 24.3 Å². The third-order valence-electron chi connectivity index (χ3n) is 7.90. The van der Waals surface area contributed by atoms with Crippen molar-refractivity contribution in [2.45, 2.75) is 32.4 Å². The van der Waals surface area contributed by atoms with Crippen LogP contribution in [0.3, 0.4) is 0 Å². The SMILES string of the molecule is N#Cc1ccc(COc2cccc(-c3cc(F)c(Cc4nc5ccc(C(=O)O)cc5n4CC4CCOCC4)cc3F)n2)c(F)c1. The van der Waals surface area contributed by atoms with Gasteiger partial charge in [0.05, 0.1) is 33.9 Å². The van der Waals surface area contributed by atoms with E-state index in [4.69, 9.17) is 14.7 Å². The number of imidazole rings is 1. The summed E-state index contributed by atoms with van der Waals surface area (Å²) in [5.41, 5.74) is 1.84. The average molecular weight is 613 g/mol. The van der Waals surface area contributed by atoms with Crippen molar-refractivity contribution in [3.63, 3.8) is 0 Å². The van der Waals surface area contributed by atoms with Gasteiger partial charge in [0.1, 0.15) is 29.9 Å². The summed E-state index contributed by atoms with van der Waals surface area (Å²) in [7, 11) is 0. The van der Waals surface area contributed by atoms with Crippen molar-refractivity contribution in [3.8, 4) is 23.2 Å². The normalized spacial score (nSPS) is 13.6. The highest BCUT2D eigenvalue weighted by molar-refractivity contribution is 5.92. The van der Waals surface area contributed by atoms with Crippen molar-refractivity contribution < 1.29 is 32.5 Å². The van der Waals surface area contributed by atoms with Gasteiger partial charge in [0.15, 0.2) is 0 Å². The minimum Gasteiger partial charge on any atom is -0.478 e. The minimum atomic E-state index is -1.06. The van der Waals surface area contributed by atoms with E-state index in [0.717, 1.165) is 31.0 Å². The number of carboxylic acids is 1. The van der Waals surface area contributed by atoms with Crippen LogP contribution in [0.15, 0.2) is 66.7 Å². The number of benzene rings is 3. The fourth-order valence-electron chi connectivity index (χ4n) is 5.45. The number of fused-ring (bicyclic) bond motifs is 1. The van der Waals surface area contributed by atoms with E-state index in [-0.39, 0.29) is 58.3 Å². The number of nitriles is 1. The Hall–Kier alpha value is -5.21. The number of carboxylic acid groups (broad SMARTS) is 1. The highest BCUT2D eigenvalue weighted by Crippen LogP contribution is 2.29. The second-order valence-electron chi connectivity index (χ2n) is 10.9. The lowest BCUT2D eigenvalue weighted by Gasteiger charge is -2.23. The fraction of sp³-hybridized carbons (Fsp3) is 0.235. The maximum atomic E-state index is 15.6. The number of nitrogens with zero attached hydrogens (tertiary/aromatic N) is 4. The average Bonchev–Trinajstić information content (AvgIpc) is 3.38. The zero-order valence-electron chi connectivity index (χ0n) is 24.0. The van der Waals surface area contributed by atoms with Gasteiger partial charge >= 0.3 is 5.97 Å². The number of aromatic carboxylic acids is 1. The lowest BCUT2D eigenvalue weighted by atomic mass is 10.00. The highest BCUT2D eigenvalue weighted by Gasteiger charge is 2.22. The molecule has 0 saturated carbocycles. The van der Waals surface area contributed by atoms with Crippen molar-refractivity contribution in [2.75, 3.05) is 13.2 Å². The van der Waals surface area contributed by atoms with Crippen molar-refractivity contribution in [1.29, 1.82) is 5.26 Å². The Morgan fingerprint density at radius 3 is 2.53 bits per heavy atom. The number of hydrogen-bond acceptors (Lipinski definition) is 6. The van der Waals surface area contributed by atoms with Gasteiger partial charge in [0.25, 0.3) is 0 Å². The second-order valence-corrected chi connectivity index (χ2v) is 10.9. The quantitative estimate of drug-likeness (QED) is 0.198. The standard InChI is InChI=1S/C34H27F3N4O4/c35-26-12-21(17-38)4-5-23(26)19-45-33-3-1-2-29(40-33)25-16-27(36)24(13-28(25)37)15-32-39-30-7-6-22(34(42)43)14-31(30)41(32)18-20-8-10-44-11-9-20/h1-7,12-14,16,20H,8-11,15,18-19H2,(H,42,43). The second kappa shape index (κ2) is 12.8. The third-order valence-corrected chi connectivity index (χ3v) is 7.90. The van der Waals surface area contributed by atoms with E-state index in [1.165, 1.54) is 30.3 Å². The summed E-state index contributed by atoms with van der Waals surface area (Å²) in [4.78, 5) is 20.6. The first-order chi connectivity index (χ1) is 21.8. The molecule has 1 saturated heterocycles. The molecule has 5 aromatic rings. The molecule has 0 bridgehead atoms. The van der Waals surface area contributed by atoms with Gasteiger partial charge < -0.3 is 19.1 Å². The van der Waals surface area contributed by atoms with Crippen molar-refractivity contribution >= 4 is 17.0 Å². The molecule has 3 heterocycles. The largest absolute Gasteiger partial charge is 0.478 e. The maximum absolute atomic E-state index is 15.6. The Bertz CT molecular complexity index is 1950. The van der Waals surface area contributed by atoms with Crippen LogP contribution in [0, 0.1) is 34.7 Å². The molecule has 8 nitrogen and oxygen atoms in total. The molecular weight excluding hydrogens is 585 g/mol. The Balaban J connectivity index is 1.26. The summed E-state index contributed by atoms with van der Waals surface area (Å²) < 4.78 is 58.3. The van der Waals surface area contributed by atoms with Crippen molar-refractivity contribution in [1.82, 2.24) is 14.5 Å². The summed E-state index contributed by atoms with van der Waals surface area (Å²) in [5, 5.41) is 18.5. The Morgan fingerprint density at radius 1 is 0.978 bits per heavy atom. The Morgan fingerprint density at radius 2 is 1.78 bits per heavy atom. The van der Waals surface area contributed by atoms with Gasteiger partial charge in [-0.2, -0.15) is 5.26 Å². The summed E-state index contributed by atoms with van der Waals surface area (Å²) in [6, 6.07) is 17.3. The monoisotopic (exact) mass is 612 g/mol. The summed E-state index contributed by atoms with van der Waals surface area (Å²) in [6.45, 7) is 1.62. The number of rotatable bonds is 9. The van der Waals surface area contributed by atoms with Crippen LogP contribution in [-0.4, -0.2) is 38.8 Å². The van der Waals surface area contributed by atoms with Crippen molar-refractivity contribution in [3.05, 3.63) is 112 Å². The molecule has 11 heteroatoms. The van der Waals surface area contributed by atoms with E-state index >= 15 is 8.78 Å². The number of pyridine rings is 1. The summed E-state index contributed by atoms with van der Waals surface area (Å²) >= 11 is 0. The Kier molecular flexibility index (Phi) is 8.49. The first kappa shape index (κ1) is 29.8. The van der Waals surface area contributed by atoms with E-state index in [1.54, 1.807) is 18.2 Å². The fourth-order valence-corrected chi connectivity index (χ4v) is 5.45. The lowest BCUT2D eigenvalue weighted by Crippen LogP contribution is -2.21. The predicted molar refractivity (Wildman–Crippen MR) is 158 cm³/mol. The van der Waals surface area contributed by atoms with Crippen LogP contribution in [0.25, 0.3) is 22.3 Å². The summed E-state index contributed by atoms with van der Waals surface area (Å²) in [5.74, 6) is -2.18. The topological polar surface area (TPSA) is 110 Å². The van der Waals surface area contributed by atoms with Gasteiger partial charge in [-0.3, -0.25) is 0 Å². The van der Waals surface area contributed by atoms with Crippen LogP contribution >= 0.6 is 0 Å². The van der Waals surface area contributed by atoms with Crippen LogP contribution in [0.2, 0.25) is 0 Å². The molecule has 6 rings (SSSR count). The van der Waals surface area contributed by atoms with Gasteiger partial charge in [-0.05, 0) is 72.9 Å². The zero-order valence-corrected chi connectivity index (χ0v) is 24.0. The number of carbonyl (C=O) groups is 1. The molecule has 0 aliphatic carbocycles. The van der Waals surface area contributed by atoms with Gasteiger partial charge in [0.2, 0.25) is 5.88 Å². The Labute approximate surface area is 256 Å². The minimum absolute atomic E-state index is 0.0178. The zero-order chi connectivity index (χ0) is 31.5. The highest BCUT2D eigenvalue weighted by atomic mass is 19.1. The van der Waals surface area contributed by atoms with Gasteiger partial charge in [0, 0.05) is 43.4 Å². The van der Waals surface area contributed by atoms with Crippen molar-refractivity contribution in [2.24, 2.45) is 5.92 Å². The third kappa shape index (κ3) is 6.51. The van der Waals surface area contributed by atoms with Crippen LogP contribution < -0.4 is 4.74 Å². The molecular formula is C34H27F3N4O4. The molecule has 45 heavy (non-hydrogen) atoms. The van der Waals surface area contributed by atoms with E-state index in [1.807, 2.05) is 10.6 Å². The van der Waals surface area contributed by atoms with Gasteiger partial charge in [-0.1, -0.05) is 12.1 Å². The first-order valence-corrected chi connectivity index (χ1v) is 14.4. The summed E-state index contributed by atoms with van der Waals surface area (Å²) in [6.07, 6.45) is 1.64. The molecule has 0 spiro atoms. The van der Waals surface area contributed by atoms with Crippen LogP contribution in [0.1, 0.15) is 45.7 Å². The molecule has 3 aromatic carbocycles. The van der Waals surface area contributed by atoms with Gasteiger partial charge in [-0.15, -0.1) is 0 Å². The number of halogens is 3. The number of ether oxygens (including phenoxy) is 2. The van der Waals surface area contributed by atoms with E-state index in [0.29, 0.717) is 36.6 Å². The molecule has 0 radical (unpaired) electrons. The maximum Gasteiger partial charge on any atom is 0.335 e. The van der Waals surface area contributed by atoms with E-state index < -0.39 is 23.4 Å². The molecule has 1 aliphatic heterocycles. The number of hydrogen-bond donors (Lipinski definition) is 1. The van der Waals surface area contributed by atoms with E-state index in [2.05, 4.69) is 9.97 Å². The molecule has 228 valence electrons. The first-order valence-electron chi connectivity index (χ1n) is 14.4. The predicted octanol–water partition coefficient (Wildman–Crippen LogP) is 6.68. The molecule has 2 aromatic heterocycles.